The zero-order chi connectivity index (χ0) is 14.0. The van der Waals surface area contributed by atoms with Crippen LogP contribution in [0.15, 0.2) is 36.5 Å². The van der Waals surface area contributed by atoms with Gasteiger partial charge in [-0.15, -0.1) is 0 Å². The number of carbonyl (C=O) groups is 1. The zero-order valence-corrected chi connectivity index (χ0v) is 11.8. The van der Waals surface area contributed by atoms with Crippen molar-refractivity contribution in [1.82, 2.24) is 4.57 Å². The SMILES string of the molecule is COC(=O)c1c(-c2ccc(C)cc2)ccn1C(C)C. The minimum Gasteiger partial charge on any atom is -0.464 e. The number of benzene rings is 1. The number of methoxy groups -OCH3 is 1. The van der Waals surface area contributed by atoms with Crippen LogP contribution in [0.1, 0.15) is 35.9 Å². The van der Waals surface area contributed by atoms with E-state index < -0.39 is 0 Å². The van der Waals surface area contributed by atoms with E-state index in [1.54, 1.807) is 0 Å². The molecule has 0 aliphatic heterocycles. The first-order valence-corrected chi connectivity index (χ1v) is 6.40. The first kappa shape index (κ1) is 13.4. The van der Waals surface area contributed by atoms with Gasteiger partial charge in [-0.3, -0.25) is 0 Å². The largest absolute Gasteiger partial charge is 0.464 e. The Morgan fingerprint density at radius 3 is 2.32 bits per heavy atom. The van der Waals surface area contributed by atoms with Crippen molar-refractivity contribution in [2.75, 3.05) is 7.11 Å². The summed E-state index contributed by atoms with van der Waals surface area (Å²) in [5.41, 5.74) is 3.76. The van der Waals surface area contributed by atoms with E-state index in [2.05, 4.69) is 0 Å². The first-order valence-electron chi connectivity index (χ1n) is 6.40. The molecule has 3 heteroatoms. The lowest BCUT2D eigenvalue weighted by Crippen LogP contribution is -2.12. The summed E-state index contributed by atoms with van der Waals surface area (Å²) in [6.45, 7) is 6.14. The molecule has 1 aromatic heterocycles. The molecule has 2 aromatic rings. The van der Waals surface area contributed by atoms with Crippen molar-refractivity contribution in [2.24, 2.45) is 0 Å². The van der Waals surface area contributed by atoms with Gasteiger partial charge in [0.1, 0.15) is 5.69 Å². The fourth-order valence-electron chi connectivity index (χ4n) is 2.16. The Kier molecular flexibility index (Phi) is 3.74. The predicted molar refractivity (Wildman–Crippen MR) is 76.3 cm³/mol. The Labute approximate surface area is 113 Å². The highest BCUT2D eigenvalue weighted by Gasteiger charge is 2.20. The fraction of sp³-hybridized carbons (Fsp3) is 0.312. The van der Waals surface area contributed by atoms with Crippen LogP contribution in [0.5, 0.6) is 0 Å². The average Bonchev–Trinajstić information content (AvgIpc) is 2.83. The van der Waals surface area contributed by atoms with Crippen molar-refractivity contribution in [2.45, 2.75) is 26.8 Å². The molecular formula is C16H19NO2. The number of esters is 1. The maximum absolute atomic E-state index is 12.0. The molecule has 0 bridgehead atoms. The molecule has 19 heavy (non-hydrogen) atoms. The van der Waals surface area contributed by atoms with Crippen LogP contribution in [0.25, 0.3) is 11.1 Å². The maximum Gasteiger partial charge on any atom is 0.355 e. The van der Waals surface area contributed by atoms with Gasteiger partial charge in [0.25, 0.3) is 0 Å². The topological polar surface area (TPSA) is 31.2 Å². The Balaban J connectivity index is 2.57. The van der Waals surface area contributed by atoms with Crippen LogP contribution >= 0.6 is 0 Å². The van der Waals surface area contributed by atoms with Gasteiger partial charge in [-0.05, 0) is 32.4 Å². The van der Waals surface area contributed by atoms with E-state index in [4.69, 9.17) is 4.74 Å². The molecule has 2 rings (SSSR count). The summed E-state index contributed by atoms with van der Waals surface area (Å²) >= 11 is 0. The molecule has 0 N–H and O–H groups in total. The van der Waals surface area contributed by atoms with Gasteiger partial charge in [0.05, 0.1) is 7.11 Å². The number of carbonyl (C=O) groups excluding carboxylic acids is 1. The second-order valence-electron chi connectivity index (χ2n) is 4.94. The first-order chi connectivity index (χ1) is 9.04. The molecular weight excluding hydrogens is 238 g/mol. The van der Waals surface area contributed by atoms with E-state index in [-0.39, 0.29) is 12.0 Å². The molecule has 0 atom stereocenters. The Morgan fingerprint density at radius 1 is 1.16 bits per heavy atom. The van der Waals surface area contributed by atoms with Crippen LogP contribution in [-0.2, 0) is 4.74 Å². The summed E-state index contributed by atoms with van der Waals surface area (Å²) in [6.07, 6.45) is 1.94. The number of hydrogen-bond acceptors (Lipinski definition) is 2. The van der Waals surface area contributed by atoms with Crippen LogP contribution in [0.2, 0.25) is 0 Å². The minimum atomic E-state index is -0.297. The van der Waals surface area contributed by atoms with Crippen LogP contribution in [0.4, 0.5) is 0 Å². The lowest BCUT2D eigenvalue weighted by atomic mass is 10.0. The van der Waals surface area contributed by atoms with Crippen LogP contribution in [0.3, 0.4) is 0 Å². The van der Waals surface area contributed by atoms with Crippen molar-refractivity contribution in [3.05, 3.63) is 47.8 Å². The molecule has 0 aliphatic carbocycles. The Bertz CT molecular complexity index is 579. The number of ether oxygens (including phenoxy) is 1. The quantitative estimate of drug-likeness (QED) is 0.782. The molecule has 0 radical (unpaired) electrons. The highest BCUT2D eigenvalue weighted by atomic mass is 16.5. The smallest absolute Gasteiger partial charge is 0.355 e. The van der Waals surface area contributed by atoms with Gasteiger partial charge in [0, 0.05) is 17.8 Å². The van der Waals surface area contributed by atoms with Crippen molar-refractivity contribution in [1.29, 1.82) is 0 Å². The zero-order valence-electron chi connectivity index (χ0n) is 11.8. The molecule has 3 nitrogen and oxygen atoms in total. The van der Waals surface area contributed by atoms with E-state index >= 15 is 0 Å². The highest BCUT2D eigenvalue weighted by molar-refractivity contribution is 5.96. The van der Waals surface area contributed by atoms with Gasteiger partial charge in [-0.25, -0.2) is 4.79 Å². The molecule has 0 unspecified atom stereocenters. The Hall–Kier alpha value is -2.03. The number of nitrogens with zero attached hydrogens (tertiary/aromatic N) is 1. The summed E-state index contributed by atoms with van der Waals surface area (Å²) in [7, 11) is 1.42. The number of rotatable bonds is 3. The van der Waals surface area contributed by atoms with Gasteiger partial charge in [0.15, 0.2) is 0 Å². The van der Waals surface area contributed by atoms with Gasteiger partial charge in [-0.2, -0.15) is 0 Å². The molecule has 0 spiro atoms. The normalized spacial score (nSPS) is 10.8. The average molecular weight is 257 g/mol. The Morgan fingerprint density at radius 2 is 1.79 bits per heavy atom. The van der Waals surface area contributed by atoms with E-state index in [9.17, 15) is 4.79 Å². The van der Waals surface area contributed by atoms with E-state index in [1.165, 1.54) is 12.7 Å². The summed E-state index contributed by atoms with van der Waals surface area (Å²) in [4.78, 5) is 12.0. The van der Waals surface area contributed by atoms with Crippen molar-refractivity contribution in [3.8, 4) is 11.1 Å². The van der Waals surface area contributed by atoms with Crippen LogP contribution < -0.4 is 0 Å². The van der Waals surface area contributed by atoms with Crippen LogP contribution in [0, 0.1) is 6.92 Å². The molecule has 0 saturated carbocycles. The molecule has 0 saturated heterocycles. The maximum atomic E-state index is 12.0. The second kappa shape index (κ2) is 5.31. The summed E-state index contributed by atoms with van der Waals surface area (Å²) < 4.78 is 6.86. The van der Waals surface area contributed by atoms with E-state index in [0.717, 1.165) is 11.1 Å². The molecule has 0 fully saturated rings. The minimum absolute atomic E-state index is 0.216. The third kappa shape index (κ3) is 2.55. The summed E-state index contributed by atoms with van der Waals surface area (Å²) in [5, 5.41) is 0. The fourth-order valence-corrected chi connectivity index (χ4v) is 2.16. The molecule has 0 aliphatic rings. The van der Waals surface area contributed by atoms with Crippen molar-refractivity contribution >= 4 is 5.97 Å². The van der Waals surface area contributed by atoms with Gasteiger partial charge < -0.3 is 9.30 Å². The third-order valence-electron chi connectivity index (χ3n) is 3.21. The van der Waals surface area contributed by atoms with E-state index in [0.29, 0.717) is 5.69 Å². The number of hydrogen-bond donors (Lipinski definition) is 0. The van der Waals surface area contributed by atoms with Crippen molar-refractivity contribution in [3.63, 3.8) is 0 Å². The van der Waals surface area contributed by atoms with Crippen LogP contribution in [-0.4, -0.2) is 17.6 Å². The molecule has 0 amide bonds. The van der Waals surface area contributed by atoms with E-state index in [1.807, 2.05) is 61.9 Å². The lowest BCUT2D eigenvalue weighted by Gasteiger charge is -2.13. The lowest BCUT2D eigenvalue weighted by molar-refractivity contribution is 0.0587. The summed E-state index contributed by atoms with van der Waals surface area (Å²) in [6, 6.07) is 10.3. The highest BCUT2D eigenvalue weighted by Crippen LogP contribution is 2.28. The molecule has 100 valence electrons. The number of aromatic nitrogens is 1. The van der Waals surface area contributed by atoms with Crippen molar-refractivity contribution < 1.29 is 9.53 Å². The van der Waals surface area contributed by atoms with Gasteiger partial charge in [0.2, 0.25) is 0 Å². The van der Waals surface area contributed by atoms with Gasteiger partial charge >= 0.3 is 5.97 Å². The predicted octanol–water partition coefficient (Wildman–Crippen LogP) is 3.83. The standard InChI is InChI=1S/C16H19NO2/c1-11(2)17-10-9-14(15(17)16(18)19-4)13-7-5-12(3)6-8-13/h5-11H,1-4H3. The monoisotopic (exact) mass is 257 g/mol. The summed E-state index contributed by atoms with van der Waals surface area (Å²) in [5.74, 6) is -0.297. The second-order valence-corrected chi connectivity index (χ2v) is 4.94. The molecule has 1 heterocycles. The molecule has 1 aromatic carbocycles. The van der Waals surface area contributed by atoms with Gasteiger partial charge in [-0.1, -0.05) is 29.8 Å². The third-order valence-corrected chi connectivity index (χ3v) is 3.21. The number of aryl methyl sites for hydroxylation is 1.